The summed E-state index contributed by atoms with van der Waals surface area (Å²) in [5, 5.41) is 3.58. The van der Waals surface area contributed by atoms with Crippen molar-refractivity contribution in [2.75, 3.05) is 20.8 Å². The van der Waals surface area contributed by atoms with E-state index in [4.69, 9.17) is 9.47 Å². The number of hydrogen-bond acceptors (Lipinski definition) is 4. The first-order valence-corrected chi connectivity index (χ1v) is 9.18. The molecule has 1 unspecified atom stereocenters. The van der Waals surface area contributed by atoms with Gasteiger partial charge in [0.05, 0.1) is 20.5 Å². The maximum absolute atomic E-state index is 5.50. The SMILES string of the molecule is COc1cc(CNCC(C)Cn2ccnc2)c(-c2ccccc2)cc1OC. The van der Waals surface area contributed by atoms with Gasteiger partial charge in [-0.15, -0.1) is 0 Å². The molecule has 0 aliphatic rings. The van der Waals surface area contributed by atoms with Crippen molar-refractivity contribution in [2.24, 2.45) is 5.92 Å². The van der Waals surface area contributed by atoms with Crippen molar-refractivity contribution in [2.45, 2.75) is 20.0 Å². The number of nitrogens with zero attached hydrogens (tertiary/aromatic N) is 2. The molecule has 0 spiro atoms. The molecule has 0 bridgehead atoms. The molecule has 0 aliphatic carbocycles. The number of rotatable bonds is 9. The molecule has 0 aliphatic heterocycles. The van der Waals surface area contributed by atoms with Crippen LogP contribution in [0.2, 0.25) is 0 Å². The van der Waals surface area contributed by atoms with Crippen LogP contribution in [0.3, 0.4) is 0 Å². The molecule has 0 amide bonds. The lowest BCUT2D eigenvalue weighted by Gasteiger charge is -2.17. The Morgan fingerprint density at radius 1 is 1.07 bits per heavy atom. The summed E-state index contributed by atoms with van der Waals surface area (Å²) < 4.78 is 13.1. The summed E-state index contributed by atoms with van der Waals surface area (Å²) in [7, 11) is 3.34. The molecule has 0 fully saturated rings. The minimum absolute atomic E-state index is 0.500. The molecule has 3 aromatic rings. The third-order valence-electron chi connectivity index (χ3n) is 4.58. The lowest BCUT2D eigenvalue weighted by molar-refractivity contribution is 0.354. The van der Waals surface area contributed by atoms with Gasteiger partial charge in [0, 0.05) is 25.5 Å². The van der Waals surface area contributed by atoms with Gasteiger partial charge in [0.15, 0.2) is 11.5 Å². The van der Waals surface area contributed by atoms with Crippen LogP contribution in [0.1, 0.15) is 12.5 Å². The average Bonchev–Trinajstić information content (AvgIpc) is 3.21. The Morgan fingerprint density at radius 3 is 2.48 bits per heavy atom. The largest absolute Gasteiger partial charge is 0.493 e. The highest BCUT2D eigenvalue weighted by Gasteiger charge is 2.13. The van der Waals surface area contributed by atoms with E-state index in [0.29, 0.717) is 5.92 Å². The maximum atomic E-state index is 5.50. The minimum atomic E-state index is 0.500. The van der Waals surface area contributed by atoms with E-state index in [1.165, 1.54) is 11.1 Å². The Morgan fingerprint density at radius 2 is 1.81 bits per heavy atom. The molecule has 1 N–H and O–H groups in total. The molecular formula is C22H27N3O2. The van der Waals surface area contributed by atoms with Gasteiger partial charge in [-0.3, -0.25) is 0 Å². The monoisotopic (exact) mass is 365 g/mol. The lowest BCUT2D eigenvalue weighted by atomic mass is 9.98. The third kappa shape index (κ3) is 4.89. The first-order chi connectivity index (χ1) is 13.2. The van der Waals surface area contributed by atoms with Crippen molar-refractivity contribution in [1.29, 1.82) is 0 Å². The zero-order chi connectivity index (χ0) is 19.1. The van der Waals surface area contributed by atoms with Crippen LogP contribution in [0.5, 0.6) is 11.5 Å². The van der Waals surface area contributed by atoms with Gasteiger partial charge in [0.25, 0.3) is 0 Å². The maximum Gasteiger partial charge on any atom is 0.161 e. The van der Waals surface area contributed by atoms with Crippen LogP contribution in [0, 0.1) is 5.92 Å². The molecule has 5 nitrogen and oxygen atoms in total. The van der Waals surface area contributed by atoms with Gasteiger partial charge in [0.2, 0.25) is 0 Å². The van der Waals surface area contributed by atoms with Crippen molar-refractivity contribution in [3.63, 3.8) is 0 Å². The normalized spacial score (nSPS) is 12.0. The van der Waals surface area contributed by atoms with Crippen molar-refractivity contribution in [3.8, 4) is 22.6 Å². The van der Waals surface area contributed by atoms with Crippen molar-refractivity contribution in [3.05, 3.63) is 66.7 Å². The Bertz CT molecular complexity index is 832. The summed E-state index contributed by atoms with van der Waals surface area (Å²) in [4.78, 5) is 4.10. The van der Waals surface area contributed by atoms with Gasteiger partial charge in [0.1, 0.15) is 0 Å². The van der Waals surface area contributed by atoms with E-state index in [1.54, 1.807) is 14.2 Å². The summed E-state index contributed by atoms with van der Waals surface area (Å²) in [6.07, 6.45) is 5.67. The summed E-state index contributed by atoms with van der Waals surface area (Å²) in [5.41, 5.74) is 3.51. The van der Waals surface area contributed by atoms with Crippen LogP contribution >= 0.6 is 0 Å². The van der Waals surface area contributed by atoms with E-state index in [0.717, 1.165) is 36.7 Å². The minimum Gasteiger partial charge on any atom is -0.493 e. The fourth-order valence-electron chi connectivity index (χ4n) is 3.23. The molecule has 1 aromatic heterocycles. The van der Waals surface area contributed by atoms with E-state index < -0.39 is 0 Å². The Balaban J connectivity index is 1.74. The van der Waals surface area contributed by atoms with E-state index >= 15 is 0 Å². The fourth-order valence-corrected chi connectivity index (χ4v) is 3.23. The second-order valence-corrected chi connectivity index (χ2v) is 6.73. The van der Waals surface area contributed by atoms with Crippen LogP contribution in [0.15, 0.2) is 61.2 Å². The van der Waals surface area contributed by atoms with E-state index in [-0.39, 0.29) is 0 Å². The Kier molecular flexibility index (Phi) is 6.49. The smallest absolute Gasteiger partial charge is 0.161 e. The van der Waals surface area contributed by atoms with E-state index in [2.05, 4.69) is 58.2 Å². The summed E-state index contributed by atoms with van der Waals surface area (Å²) >= 11 is 0. The third-order valence-corrected chi connectivity index (χ3v) is 4.58. The van der Waals surface area contributed by atoms with Crippen LogP contribution in [0.25, 0.3) is 11.1 Å². The van der Waals surface area contributed by atoms with Crippen molar-refractivity contribution < 1.29 is 9.47 Å². The first kappa shape index (κ1) is 19.0. The molecule has 1 atom stereocenters. The molecule has 142 valence electrons. The lowest BCUT2D eigenvalue weighted by Crippen LogP contribution is -2.23. The zero-order valence-electron chi connectivity index (χ0n) is 16.2. The number of benzene rings is 2. The highest BCUT2D eigenvalue weighted by Crippen LogP contribution is 2.35. The first-order valence-electron chi connectivity index (χ1n) is 9.18. The predicted octanol–water partition coefficient (Wildman–Crippen LogP) is 3.99. The van der Waals surface area contributed by atoms with Crippen LogP contribution < -0.4 is 14.8 Å². The Labute approximate surface area is 161 Å². The molecule has 2 aromatic carbocycles. The quantitative estimate of drug-likeness (QED) is 0.623. The number of methoxy groups -OCH3 is 2. The fraction of sp³-hybridized carbons (Fsp3) is 0.318. The van der Waals surface area contributed by atoms with Crippen LogP contribution in [-0.2, 0) is 13.1 Å². The molecular weight excluding hydrogens is 338 g/mol. The molecule has 1 heterocycles. The number of ether oxygens (including phenoxy) is 2. The second kappa shape index (κ2) is 9.24. The number of imidazole rings is 1. The van der Waals surface area contributed by atoms with Crippen LogP contribution in [0.4, 0.5) is 0 Å². The number of aromatic nitrogens is 2. The summed E-state index contributed by atoms with van der Waals surface area (Å²) in [5.74, 6) is 1.99. The van der Waals surface area contributed by atoms with Gasteiger partial charge in [-0.2, -0.15) is 0 Å². The van der Waals surface area contributed by atoms with Crippen LogP contribution in [-0.4, -0.2) is 30.3 Å². The van der Waals surface area contributed by atoms with Gasteiger partial charge in [-0.25, -0.2) is 4.98 Å². The van der Waals surface area contributed by atoms with Gasteiger partial charge < -0.3 is 19.4 Å². The Hall–Kier alpha value is -2.79. The number of nitrogens with one attached hydrogen (secondary N) is 1. The molecule has 0 saturated carbocycles. The van der Waals surface area contributed by atoms with Gasteiger partial charge in [-0.05, 0) is 41.3 Å². The molecule has 3 rings (SSSR count). The average molecular weight is 365 g/mol. The second-order valence-electron chi connectivity index (χ2n) is 6.73. The highest BCUT2D eigenvalue weighted by molar-refractivity contribution is 5.71. The van der Waals surface area contributed by atoms with E-state index in [1.807, 2.05) is 24.8 Å². The topological polar surface area (TPSA) is 48.3 Å². The van der Waals surface area contributed by atoms with Gasteiger partial charge in [-0.1, -0.05) is 37.3 Å². The summed E-state index contributed by atoms with van der Waals surface area (Å²) in [6, 6.07) is 14.5. The predicted molar refractivity (Wildman–Crippen MR) is 108 cm³/mol. The number of hydrogen-bond donors (Lipinski definition) is 1. The van der Waals surface area contributed by atoms with E-state index in [9.17, 15) is 0 Å². The molecule has 27 heavy (non-hydrogen) atoms. The summed E-state index contributed by atoms with van der Waals surface area (Å²) in [6.45, 7) is 4.86. The van der Waals surface area contributed by atoms with Crippen molar-refractivity contribution >= 4 is 0 Å². The highest BCUT2D eigenvalue weighted by atomic mass is 16.5. The standard InChI is InChI=1S/C22H27N3O2/c1-17(15-25-10-9-23-16-25)13-24-14-19-11-21(26-2)22(27-3)12-20(19)18-7-5-4-6-8-18/h4-12,16-17,24H,13-15H2,1-3H3. The molecule has 0 saturated heterocycles. The van der Waals surface area contributed by atoms with Gasteiger partial charge >= 0.3 is 0 Å². The molecule has 0 radical (unpaired) electrons. The van der Waals surface area contributed by atoms with Crippen molar-refractivity contribution in [1.82, 2.24) is 14.9 Å². The molecule has 5 heteroatoms. The zero-order valence-corrected chi connectivity index (χ0v) is 16.2.